The fourth-order valence-corrected chi connectivity index (χ4v) is 4.87. The fourth-order valence-electron chi connectivity index (χ4n) is 1.64. The quantitative estimate of drug-likeness (QED) is 0.810. The molecule has 0 aromatic carbocycles. The highest BCUT2D eigenvalue weighted by molar-refractivity contribution is 7.91. The van der Waals surface area contributed by atoms with E-state index in [1.54, 1.807) is 6.92 Å². The second-order valence-electron chi connectivity index (χ2n) is 3.92. The van der Waals surface area contributed by atoms with Crippen LogP contribution in [-0.2, 0) is 9.84 Å². The summed E-state index contributed by atoms with van der Waals surface area (Å²) in [6, 6.07) is -0.517. The van der Waals surface area contributed by atoms with Crippen LogP contribution in [0.25, 0.3) is 0 Å². The van der Waals surface area contributed by atoms with Gasteiger partial charge in [0.1, 0.15) is 4.88 Å². The van der Waals surface area contributed by atoms with E-state index in [2.05, 4.69) is 10.3 Å². The van der Waals surface area contributed by atoms with Crippen LogP contribution < -0.4 is 5.32 Å². The summed E-state index contributed by atoms with van der Waals surface area (Å²) in [7, 11) is -3.13. The summed E-state index contributed by atoms with van der Waals surface area (Å²) in [5.74, 6) is -0.491. The molecule has 8 heteroatoms. The van der Waals surface area contributed by atoms with Gasteiger partial charge in [0.15, 0.2) is 9.84 Å². The first-order valence-electron chi connectivity index (χ1n) is 4.95. The molecule has 2 atom stereocenters. The van der Waals surface area contributed by atoms with Crippen molar-refractivity contribution in [2.24, 2.45) is 0 Å². The molecule has 0 spiro atoms. The molecule has 0 radical (unpaired) electrons. The molecule has 17 heavy (non-hydrogen) atoms. The number of alkyl halides is 1. The zero-order valence-corrected chi connectivity index (χ0v) is 11.4. The molecule has 1 N–H and O–H groups in total. The normalized spacial score (nSPS) is 26.9. The van der Waals surface area contributed by atoms with Gasteiger partial charge in [-0.1, -0.05) is 0 Å². The second-order valence-corrected chi connectivity index (χ2v) is 7.87. The average molecular weight is 295 g/mol. The van der Waals surface area contributed by atoms with Gasteiger partial charge in [0.05, 0.1) is 34.1 Å². The SMILES string of the molecule is Cc1ncc(C(=O)NC2CS(=O)(=O)CC2Cl)s1. The van der Waals surface area contributed by atoms with Crippen LogP contribution >= 0.6 is 22.9 Å². The molecule has 2 heterocycles. The highest BCUT2D eigenvalue weighted by atomic mass is 35.5. The third kappa shape index (κ3) is 2.97. The first kappa shape index (κ1) is 12.8. The molecule has 1 fully saturated rings. The first-order valence-corrected chi connectivity index (χ1v) is 8.02. The van der Waals surface area contributed by atoms with Gasteiger partial charge in [-0.2, -0.15) is 0 Å². The summed E-state index contributed by atoms with van der Waals surface area (Å²) in [6.45, 7) is 1.80. The van der Waals surface area contributed by atoms with Crippen LogP contribution in [0.4, 0.5) is 0 Å². The Morgan fingerprint density at radius 2 is 2.29 bits per heavy atom. The van der Waals surface area contributed by atoms with Gasteiger partial charge < -0.3 is 5.32 Å². The molecule has 1 amide bonds. The number of thiazole rings is 1. The first-order chi connectivity index (χ1) is 7.87. The van der Waals surface area contributed by atoms with Gasteiger partial charge in [-0.05, 0) is 6.92 Å². The molecule has 5 nitrogen and oxygen atoms in total. The fraction of sp³-hybridized carbons (Fsp3) is 0.556. The van der Waals surface area contributed by atoms with Gasteiger partial charge in [0.25, 0.3) is 5.91 Å². The maximum atomic E-state index is 11.8. The summed E-state index contributed by atoms with van der Waals surface area (Å²) in [5, 5.41) is 2.87. The van der Waals surface area contributed by atoms with Crippen molar-refractivity contribution in [2.45, 2.75) is 18.3 Å². The van der Waals surface area contributed by atoms with Crippen LogP contribution in [0, 0.1) is 6.92 Å². The van der Waals surface area contributed by atoms with E-state index < -0.39 is 21.3 Å². The number of nitrogens with zero attached hydrogens (tertiary/aromatic N) is 1. The van der Waals surface area contributed by atoms with Crippen LogP contribution in [0.1, 0.15) is 14.7 Å². The second kappa shape index (κ2) is 4.55. The predicted molar refractivity (Wildman–Crippen MR) is 66.4 cm³/mol. The van der Waals surface area contributed by atoms with E-state index in [0.717, 1.165) is 5.01 Å². The minimum Gasteiger partial charge on any atom is -0.346 e. The summed E-state index contributed by atoms with van der Waals surface area (Å²) < 4.78 is 22.7. The highest BCUT2D eigenvalue weighted by Crippen LogP contribution is 2.19. The van der Waals surface area contributed by atoms with Gasteiger partial charge in [-0.3, -0.25) is 4.79 Å². The topological polar surface area (TPSA) is 76.1 Å². The predicted octanol–water partition coefficient (Wildman–Crippen LogP) is 0.586. The number of carbonyl (C=O) groups excluding carboxylic acids is 1. The van der Waals surface area contributed by atoms with E-state index in [0.29, 0.717) is 4.88 Å². The van der Waals surface area contributed by atoms with Gasteiger partial charge in [0.2, 0.25) is 0 Å². The lowest BCUT2D eigenvalue weighted by Gasteiger charge is -2.12. The molecule has 1 aromatic rings. The Labute approximate surface area is 108 Å². The monoisotopic (exact) mass is 294 g/mol. The Hall–Kier alpha value is -0.660. The van der Waals surface area contributed by atoms with Crippen molar-refractivity contribution in [3.8, 4) is 0 Å². The molecular formula is C9H11ClN2O3S2. The minimum atomic E-state index is -3.13. The van der Waals surface area contributed by atoms with Crippen LogP contribution in [0.15, 0.2) is 6.20 Å². The molecule has 94 valence electrons. The molecular weight excluding hydrogens is 284 g/mol. The van der Waals surface area contributed by atoms with Crippen molar-refractivity contribution >= 4 is 38.7 Å². The number of halogens is 1. The maximum absolute atomic E-state index is 11.8. The van der Waals surface area contributed by atoms with Crippen molar-refractivity contribution in [3.63, 3.8) is 0 Å². The standard InChI is InChI=1S/C9H11ClN2O3S2/c1-5-11-2-8(16-5)9(13)12-7-4-17(14,15)3-6(7)10/h2,6-7H,3-4H2,1H3,(H,12,13). The lowest BCUT2D eigenvalue weighted by atomic mass is 10.2. The lowest BCUT2D eigenvalue weighted by molar-refractivity contribution is 0.0945. The average Bonchev–Trinajstić information content (AvgIpc) is 2.71. The molecule has 1 aromatic heterocycles. The zero-order valence-electron chi connectivity index (χ0n) is 9.01. The number of aromatic nitrogens is 1. The third-order valence-corrected chi connectivity index (χ3v) is 5.73. The van der Waals surface area contributed by atoms with E-state index in [1.165, 1.54) is 17.5 Å². The smallest absolute Gasteiger partial charge is 0.263 e. The Balaban J connectivity index is 2.05. The van der Waals surface area contributed by atoms with Crippen molar-refractivity contribution < 1.29 is 13.2 Å². The largest absolute Gasteiger partial charge is 0.346 e. The number of hydrogen-bond donors (Lipinski definition) is 1. The van der Waals surface area contributed by atoms with Crippen molar-refractivity contribution in [3.05, 3.63) is 16.1 Å². The Bertz CT molecular complexity index is 540. The van der Waals surface area contributed by atoms with E-state index in [-0.39, 0.29) is 17.4 Å². The van der Waals surface area contributed by atoms with Crippen LogP contribution in [-0.4, -0.2) is 42.2 Å². The number of rotatable bonds is 2. The molecule has 0 bridgehead atoms. The number of hydrogen-bond acceptors (Lipinski definition) is 5. The Kier molecular flexibility index (Phi) is 3.42. The summed E-state index contributed by atoms with van der Waals surface area (Å²) in [6.07, 6.45) is 1.47. The van der Waals surface area contributed by atoms with E-state index in [9.17, 15) is 13.2 Å². The molecule has 0 aliphatic carbocycles. The van der Waals surface area contributed by atoms with E-state index in [1.807, 2.05) is 0 Å². The van der Waals surface area contributed by atoms with Crippen molar-refractivity contribution in [1.29, 1.82) is 0 Å². The van der Waals surface area contributed by atoms with Gasteiger partial charge in [-0.15, -0.1) is 22.9 Å². The zero-order chi connectivity index (χ0) is 12.6. The summed E-state index contributed by atoms with van der Waals surface area (Å²) in [4.78, 5) is 16.2. The number of nitrogens with one attached hydrogen (secondary N) is 1. The molecule has 1 aliphatic heterocycles. The molecule has 2 unspecified atom stereocenters. The van der Waals surface area contributed by atoms with Crippen LogP contribution in [0.3, 0.4) is 0 Å². The van der Waals surface area contributed by atoms with Crippen molar-refractivity contribution in [2.75, 3.05) is 11.5 Å². The van der Waals surface area contributed by atoms with Gasteiger partial charge in [-0.25, -0.2) is 13.4 Å². The van der Waals surface area contributed by atoms with Crippen LogP contribution in [0.5, 0.6) is 0 Å². The third-order valence-electron chi connectivity index (χ3n) is 2.44. The van der Waals surface area contributed by atoms with E-state index >= 15 is 0 Å². The van der Waals surface area contributed by atoms with Gasteiger partial charge >= 0.3 is 0 Å². The Morgan fingerprint density at radius 3 is 2.76 bits per heavy atom. The molecule has 2 rings (SSSR count). The minimum absolute atomic E-state index is 0.0821. The number of amides is 1. The van der Waals surface area contributed by atoms with E-state index in [4.69, 9.17) is 11.6 Å². The lowest BCUT2D eigenvalue weighted by Crippen LogP contribution is -2.40. The number of aryl methyl sites for hydroxylation is 1. The highest BCUT2D eigenvalue weighted by Gasteiger charge is 2.37. The molecule has 1 aliphatic rings. The number of carbonyl (C=O) groups is 1. The maximum Gasteiger partial charge on any atom is 0.263 e. The summed E-state index contributed by atoms with van der Waals surface area (Å²) >= 11 is 7.16. The Morgan fingerprint density at radius 1 is 1.59 bits per heavy atom. The molecule has 0 saturated carbocycles. The van der Waals surface area contributed by atoms with Gasteiger partial charge in [0, 0.05) is 0 Å². The van der Waals surface area contributed by atoms with Crippen molar-refractivity contribution in [1.82, 2.24) is 10.3 Å². The van der Waals surface area contributed by atoms with Crippen LogP contribution in [0.2, 0.25) is 0 Å². The summed E-state index contributed by atoms with van der Waals surface area (Å²) in [5.41, 5.74) is 0. The molecule has 1 saturated heterocycles. The number of sulfone groups is 1.